The molecule has 2 aromatic carbocycles. The summed E-state index contributed by atoms with van der Waals surface area (Å²) in [4.78, 5) is 28.6. The van der Waals surface area contributed by atoms with E-state index in [2.05, 4.69) is 10.6 Å². The van der Waals surface area contributed by atoms with E-state index >= 15 is 0 Å². The summed E-state index contributed by atoms with van der Waals surface area (Å²) < 4.78 is 0. The van der Waals surface area contributed by atoms with Crippen LogP contribution in [0.2, 0.25) is 0 Å². The van der Waals surface area contributed by atoms with Crippen LogP contribution >= 0.6 is 0 Å². The summed E-state index contributed by atoms with van der Waals surface area (Å²) in [6.07, 6.45) is 0.880. The average Bonchev–Trinajstić information content (AvgIpc) is 2.65. The predicted molar refractivity (Wildman–Crippen MR) is 109 cm³/mol. The minimum atomic E-state index is -0.114. The fraction of sp³-hybridized carbons (Fsp3) is 0.227. The molecule has 3 aromatic rings. The molecule has 3 rings (SSSR count). The highest BCUT2D eigenvalue weighted by Gasteiger charge is 2.14. The molecule has 138 valence electrons. The lowest BCUT2D eigenvalue weighted by Crippen LogP contribution is -2.24. The van der Waals surface area contributed by atoms with E-state index in [0.717, 1.165) is 39.8 Å². The van der Waals surface area contributed by atoms with Gasteiger partial charge in [0.1, 0.15) is 0 Å². The van der Waals surface area contributed by atoms with Crippen molar-refractivity contribution in [1.82, 2.24) is 10.3 Å². The Morgan fingerprint density at radius 3 is 2.44 bits per heavy atom. The minimum absolute atomic E-state index is 0.0917. The SMILES string of the molecule is CCCNC(=O)c1cc(-c2ccc(NC(C)=O)cc2)nc2ccc(C)cc12. The van der Waals surface area contributed by atoms with Gasteiger partial charge in [-0.3, -0.25) is 9.59 Å². The van der Waals surface area contributed by atoms with E-state index in [1.54, 1.807) is 0 Å². The van der Waals surface area contributed by atoms with Crippen LogP contribution in [0.5, 0.6) is 0 Å². The molecule has 0 aliphatic carbocycles. The van der Waals surface area contributed by atoms with Gasteiger partial charge in [0.15, 0.2) is 0 Å². The van der Waals surface area contributed by atoms with Gasteiger partial charge in [-0.1, -0.05) is 30.7 Å². The Kier molecular flexibility index (Phi) is 5.50. The lowest BCUT2D eigenvalue weighted by Gasteiger charge is -2.11. The number of aromatic nitrogens is 1. The largest absolute Gasteiger partial charge is 0.352 e. The Hall–Kier alpha value is -3.21. The van der Waals surface area contributed by atoms with Gasteiger partial charge >= 0.3 is 0 Å². The number of nitrogens with zero attached hydrogens (tertiary/aromatic N) is 1. The third kappa shape index (κ3) is 4.31. The number of rotatable bonds is 5. The summed E-state index contributed by atoms with van der Waals surface area (Å²) in [5.41, 5.74) is 4.83. The van der Waals surface area contributed by atoms with Crippen LogP contribution in [0.1, 0.15) is 36.2 Å². The van der Waals surface area contributed by atoms with E-state index in [0.29, 0.717) is 12.1 Å². The molecule has 0 saturated heterocycles. The third-order valence-electron chi connectivity index (χ3n) is 4.25. The fourth-order valence-corrected chi connectivity index (χ4v) is 2.94. The average molecular weight is 361 g/mol. The molecule has 0 spiro atoms. The van der Waals surface area contributed by atoms with Crippen LogP contribution in [0.3, 0.4) is 0 Å². The number of amides is 2. The first kappa shape index (κ1) is 18.6. The van der Waals surface area contributed by atoms with Crippen LogP contribution in [-0.4, -0.2) is 23.3 Å². The second-order valence-corrected chi connectivity index (χ2v) is 6.59. The van der Waals surface area contributed by atoms with Gasteiger partial charge in [0.2, 0.25) is 5.91 Å². The van der Waals surface area contributed by atoms with Crippen LogP contribution in [-0.2, 0) is 4.79 Å². The van der Waals surface area contributed by atoms with Crippen molar-refractivity contribution in [2.75, 3.05) is 11.9 Å². The molecule has 1 aromatic heterocycles. The number of hydrogen-bond acceptors (Lipinski definition) is 3. The number of carbonyl (C=O) groups excluding carboxylic acids is 2. The summed E-state index contributed by atoms with van der Waals surface area (Å²) in [5, 5.41) is 6.55. The Labute approximate surface area is 158 Å². The third-order valence-corrected chi connectivity index (χ3v) is 4.25. The summed E-state index contributed by atoms with van der Waals surface area (Å²) in [6, 6.07) is 15.2. The summed E-state index contributed by atoms with van der Waals surface area (Å²) in [7, 11) is 0. The van der Waals surface area contributed by atoms with Gasteiger partial charge < -0.3 is 10.6 Å². The monoisotopic (exact) mass is 361 g/mol. The van der Waals surface area contributed by atoms with Crippen LogP contribution in [0, 0.1) is 6.92 Å². The molecule has 2 amide bonds. The van der Waals surface area contributed by atoms with Crippen LogP contribution in [0.25, 0.3) is 22.2 Å². The number of hydrogen-bond donors (Lipinski definition) is 2. The topological polar surface area (TPSA) is 71.1 Å². The van der Waals surface area contributed by atoms with Gasteiger partial charge in [-0.15, -0.1) is 0 Å². The Balaban J connectivity index is 2.07. The van der Waals surface area contributed by atoms with E-state index < -0.39 is 0 Å². The minimum Gasteiger partial charge on any atom is -0.352 e. The zero-order chi connectivity index (χ0) is 19.4. The van der Waals surface area contributed by atoms with Gasteiger partial charge in [-0.25, -0.2) is 4.98 Å². The number of pyridine rings is 1. The first-order valence-corrected chi connectivity index (χ1v) is 9.05. The lowest BCUT2D eigenvalue weighted by atomic mass is 10.0. The molecule has 5 heteroatoms. The van der Waals surface area contributed by atoms with Crippen LogP contribution < -0.4 is 10.6 Å². The van der Waals surface area contributed by atoms with Crippen molar-refractivity contribution in [3.63, 3.8) is 0 Å². The normalized spacial score (nSPS) is 10.6. The van der Waals surface area contributed by atoms with Crippen LogP contribution in [0.15, 0.2) is 48.5 Å². The van der Waals surface area contributed by atoms with Crippen molar-refractivity contribution >= 4 is 28.4 Å². The maximum atomic E-state index is 12.7. The number of fused-ring (bicyclic) bond motifs is 1. The molecular weight excluding hydrogens is 338 g/mol. The van der Waals surface area contributed by atoms with Gasteiger partial charge in [-0.05, 0) is 43.7 Å². The molecule has 1 heterocycles. The smallest absolute Gasteiger partial charge is 0.252 e. The molecule has 0 fully saturated rings. The van der Waals surface area contributed by atoms with Crippen molar-refractivity contribution in [3.05, 3.63) is 59.7 Å². The summed E-state index contributed by atoms with van der Waals surface area (Å²) >= 11 is 0. The second kappa shape index (κ2) is 7.99. The van der Waals surface area contributed by atoms with E-state index in [1.807, 2.05) is 62.4 Å². The number of benzene rings is 2. The van der Waals surface area contributed by atoms with Crippen LogP contribution in [0.4, 0.5) is 5.69 Å². The first-order chi connectivity index (χ1) is 13.0. The highest BCUT2D eigenvalue weighted by molar-refractivity contribution is 6.07. The standard InChI is InChI=1S/C22H23N3O2/c1-4-11-23-22(27)19-13-21(25-20-10-5-14(2)12-18(19)20)16-6-8-17(9-7-16)24-15(3)26/h5-10,12-13H,4,11H2,1-3H3,(H,23,27)(H,24,26). The molecule has 27 heavy (non-hydrogen) atoms. The molecule has 0 atom stereocenters. The van der Waals surface area contributed by atoms with Crippen molar-refractivity contribution in [2.24, 2.45) is 0 Å². The molecule has 0 saturated carbocycles. The molecule has 0 radical (unpaired) electrons. The number of nitrogens with one attached hydrogen (secondary N) is 2. The highest BCUT2D eigenvalue weighted by atomic mass is 16.2. The quantitative estimate of drug-likeness (QED) is 0.711. The Morgan fingerprint density at radius 1 is 1.04 bits per heavy atom. The lowest BCUT2D eigenvalue weighted by molar-refractivity contribution is -0.114. The summed E-state index contributed by atoms with van der Waals surface area (Å²) in [6.45, 7) is 6.14. The molecule has 0 unspecified atom stereocenters. The molecule has 0 aliphatic heterocycles. The van der Waals surface area contributed by atoms with Crippen molar-refractivity contribution in [1.29, 1.82) is 0 Å². The predicted octanol–water partition coefficient (Wildman–Crippen LogP) is 4.31. The van der Waals surface area contributed by atoms with Gasteiger partial charge in [0.25, 0.3) is 5.91 Å². The van der Waals surface area contributed by atoms with E-state index in [4.69, 9.17) is 4.98 Å². The van der Waals surface area contributed by atoms with E-state index in [1.165, 1.54) is 6.92 Å². The number of aryl methyl sites for hydroxylation is 1. The van der Waals surface area contributed by atoms with Crippen molar-refractivity contribution in [3.8, 4) is 11.3 Å². The van der Waals surface area contributed by atoms with Crippen molar-refractivity contribution < 1.29 is 9.59 Å². The Morgan fingerprint density at radius 2 is 1.78 bits per heavy atom. The molecule has 0 aliphatic rings. The fourth-order valence-electron chi connectivity index (χ4n) is 2.94. The Bertz CT molecular complexity index is 994. The summed E-state index contributed by atoms with van der Waals surface area (Å²) in [5.74, 6) is -0.206. The maximum absolute atomic E-state index is 12.7. The van der Waals surface area contributed by atoms with Gasteiger partial charge in [-0.2, -0.15) is 0 Å². The van der Waals surface area contributed by atoms with Gasteiger partial charge in [0, 0.05) is 30.1 Å². The number of carbonyl (C=O) groups is 2. The van der Waals surface area contributed by atoms with E-state index in [9.17, 15) is 9.59 Å². The highest BCUT2D eigenvalue weighted by Crippen LogP contribution is 2.26. The number of anilines is 1. The zero-order valence-electron chi connectivity index (χ0n) is 15.8. The van der Waals surface area contributed by atoms with Crippen molar-refractivity contribution in [2.45, 2.75) is 27.2 Å². The molecule has 2 N–H and O–H groups in total. The molecule has 0 bridgehead atoms. The first-order valence-electron chi connectivity index (χ1n) is 9.05. The van der Waals surface area contributed by atoms with E-state index in [-0.39, 0.29) is 11.8 Å². The molecular formula is C22H23N3O2. The maximum Gasteiger partial charge on any atom is 0.252 e. The molecule has 5 nitrogen and oxygen atoms in total. The second-order valence-electron chi connectivity index (χ2n) is 6.59. The van der Waals surface area contributed by atoms with Gasteiger partial charge in [0.05, 0.1) is 16.8 Å². The zero-order valence-corrected chi connectivity index (χ0v) is 15.8.